The zero-order valence-electron chi connectivity index (χ0n) is 7.27. The van der Waals surface area contributed by atoms with Crippen LogP contribution >= 0.6 is 10.7 Å². The molecule has 0 amide bonds. The number of hydrogen-bond donors (Lipinski definition) is 0. The lowest BCUT2D eigenvalue weighted by Gasteiger charge is -2.17. The van der Waals surface area contributed by atoms with E-state index in [4.69, 9.17) is 10.7 Å². The summed E-state index contributed by atoms with van der Waals surface area (Å²) in [6.07, 6.45) is -0.855. The molecule has 80 valence electrons. The van der Waals surface area contributed by atoms with Crippen LogP contribution in [0.3, 0.4) is 0 Å². The summed E-state index contributed by atoms with van der Waals surface area (Å²) in [6, 6.07) is 4.23. The van der Waals surface area contributed by atoms with E-state index < -0.39 is 15.2 Å². The summed E-state index contributed by atoms with van der Waals surface area (Å²) in [5.74, 6) is 0.160. The standard InChI is InChI=1S/C8H5ClO5S/c9-15(11,12)7-3-1-2-6-5(7)4-13-8(10)14-6/h1-3H,4H2. The highest BCUT2D eigenvalue weighted by atomic mass is 35.7. The molecule has 1 aliphatic heterocycles. The molecule has 0 unspecified atom stereocenters. The first-order chi connectivity index (χ1) is 6.98. The Balaban J connectivity index is 2.61. The molecule has 0 aliphatic carbocycles. The zero-order chi connectivity index (χ0) is 11.1. The third-order valence-electron chi connectivity index (χ3n) is 1.88. The van der Waals surface area contributed by atoms with Crippen molar-refractivity contribution < 1.29 is 22.7 Å². The fourth-order valence-corrected chi connectivity index (χ4v) is 2.39. The zero-order valence-corrected chi connectivity index (χ0v) is 8.84. The second-order valence-corrected chi connectivity index (χ2v) is 5.35. The van der Waals surface area contributed by atoms with E-state index in [-0.39, 0.29) is 22.8 Å². The van der Waals surface area contributed by atoms with Crippen LogP contribution in [-0.4, -0.2) is 14.6 Å². The molecule has 2 rings (SSSR count). The van der Waals surface area contributed by atoms with Crippen molar-refractivity contribution in [2.75, 3.05) is 0 Å². The third kappa shape index (κ3) is 1.91. The van der Waals surface area contributed by atoms with Crippen molar-refractivity contribution in [1.82, 2.24) is 0 Å². The van der Waals surface area contributed by atoms with Gasteiger partial charge in [-0.15, -0.1) is 0 Å². The highest BCUT2D eigenvalue weighted by Crippen LogP contribution is 2.31. The number of hydrogen-bond acceptors (Lipinski definition) is 5. The molecule has 1 heterocycles. The van der Waals surface area contributed by atoms with Crippen LogP contribution in [0.1, 0.15) is 5.56 Å². The minimum Gasteiger partial charge on any atom is -0.429 e. The lowest BCUT2D eigenvalue weighted by Crippen LogP contribution is -2.18. The van der Waals surface area contributed by atoms with Gasteiger partial charge < -0.3 is 9.47 Å². The number of benzene rings is 1. The topological polar surface area (TPSA) is 69.7 Å². The van der Waals surface area contributed by atoms with E-state index in [1.54, 1.807) is 0 Å². The van der Waals surface area contributed by atoms with Crippen LogP contribution in [0.25, 0.3) is 0 Å². The third-order valence-corrected chi connectivity index (χ3v) is 3.29. The van der Waals surface area contributed by atoms with Crippen molar-refractivity contribution in [3.05, 3.63) is 23.8 Å². The molecule has 1 aromatic rings. The highest BCUT2D eigenvalue weighted by Gasteiger charge is 2.25. The number of carbonyl (C=O) groups is 1. The predicted molar refractivity (Wildman–Crippen MR) is 50.3 cm³/mol. The molecule has 0 aromatic heterocycles. The van der Waals surface area contributed by atoms with Crippen LogP contribution in [0.5, 0.6) is 5.75 Å². The fraction of sp³-hybridized carbons (Fsp3) is 0.125. The summed E-state index contributed by atoms with van der Waals surface area (Å²) < 4.78 is 31.6. The van der Waals surface area contributed by atoms with Crippen molar-refractivity contribution >= 4 is 25.9 Å². The van der Waals surface area contributed by atoms with Crippen LogP contribution in [0.4, 0.5) is 4.79 Å². The smallest absolute Gasteiger partial charge is 0.429 e. The summed E-state index contributed by atoms with van der Waals surface area (Å²) >= 11 is 0. The van der Waals surface area contributed by atoms with Gasteiger partial charge in [-0.1, -0.05) is 6.07 Å². The van der Waals surface area contributed by atoms with E-state index in [0.29, 0.717) is 0 Å². The maximum Gasteiger partial charge on any atom is 0.514 e. The molecule has 1 aliphatic rings. The Hall–Kier alpha value is -1.27. The van der Waals surface area contributed by atoms with Crippen LogP contribution in [0.2, 0.25) is 0 Å². The molecule has 0 spiro atoms. The van der Waals surface area contributed by atoms with E-state index in [1.165, 1.54) is 18.2 Å². The average molecular weight is 249 g/mol. The lowest BCUT2D eigenvalue weighted by atomic mass is 10.2. The van der Waals surface area contributed by atoms with Crippen LogP contribution in [-0.2, 0) is 20.4 Å². The largest absolute Gasteiger partial charge is 0.514 e. The van der Waals surface area contributed by atoms with Gasteiger partial charge in [-0.2, -0.15) is 0 Å². The predicted octanol–water partition coefficient (Wildman–Crippen LogP) is 1.64. The first kappa shape index (κ1) is 10.3. The van der Waals surface area contributed by atoms with Gasteiger partial charge in [-0.25, -0.2) is 13.2 Å². The molecular formula is C8H5ClO5S. The average Bonchev–Trinajstić information content (AvgIpc) is 2.15. The van der Waals surface area contributed by atoms with Gasteiger partial charge in [-0.05, 0) is 12.1 Å². The Morgan fingerprint density at radius 1 is 1.33 bits per heavy atom. The van der Waals surface area contributed by atoms with Gasteiger partial charge in [0.05, 0.1) is 10.5 Å². The summed E-state index contributed by atoms with van der Waals surface area (Å²) in [6.45, 7) is -0.156. The van der Waals surface area contributed by atoms with Crippen LogP contribution in [0.15, 0.2) is 23.1 Å². The maximum absolute atomic E-state index is 11.2. The number of cyclic esters (lactones) is 1. The van der Waals surface area contributed by atoms with Gasteiger partial charge in [-0.3, -0.25) is 0 Å². The highest BCUT2D eigenvalue weighted by molar-refractivity contribution is 8.13. The number of halogens is 1. The Morgan fingerprint density at radius 3 is 2.73 bits per heavy atom. The molecule has 7 heteroatoms. The molecule has 15 heavy (non-hydrogen) atoms. The van der Waals surface area contributed by atoms with Gasteiger partial charge in [0.25, 0.3) is 9.05 Å². The van der Waals surface area contributed by atoms with E-state index in [9.17, 15) is 13.2 Å². The summed E-state index contributed by atoms with van der Waals surface area (Å²) in [4.78, 5) is 10.7. The SMILES string of the molecule is O=C1OCc2c(cccc2S(=O)(=O)Cl)O1. The summed E-state index contributed by atoms with van der Waals surface area (Å²) in [7, 11) is 1.35. The van der Waals surface area contributed by atoms with Gasteiger partial charge in [0.1, 0.15) is 12.4 Å². The second kappa shape index (κ2) is 3.39. The fourth-order valence-electron chi connectivity index (χ4n) is 1.26. The van der Waals surface area contributed by atoms with E-state index in [2.05, 4.69) is 9.47 Å². The minimum atomic E-state index is -3.86. The molecule has 0 fully saturated rings. The van der Waals surface area contributed by atoms with Crippen molar-refractivity contribution in [3.8, 4) is 5.75 Å². The van der Waals surface area contributed by atoms with E-state index >= 15 is 0 Å². The molecule has 0 N–H and O–H groups in total. The van der Waals surface area contributed by atoms with Crippen LogP contribution in [0, 0.1) is 0 Å². The molecule has 5 nitrogen and oxygen atoms in total. The van der Waals surface area contributed by atoms with E-state index in [0.717, 1.165) is 0 Å². The quantitative estimate of drug-likeness (QED) is 0.429. The number of fused-ring (bicyclic) bond motifs is 1. The maximum atomic E-state index is 11.2. The number of rotatable bonds is 1. The Bertz CT molecular complexity index is 522. The first-order valence-electron chi connectivity index (χ1n) is 3.89. The number of ether oxygens (including phenoxy) is 2. The molecule has 0 saturated carbocycles. The van der Waals surface area contributed by atoms with Gasteiger partial charge in [0, 0.05) is 10.7 Å². The Labute approximate surface area is 90.0 Å². The van der Waals surface area contributed by atoms with Gasteiger partial charge in [0.15, 0.2) is 0 Å². The summed E-state index contributed by atoms with van der Waals surface area (Å²) in [5.41, 5.74) is 0.257. The molecule has 0 bridgehead atoms. The normalized spacial score (nSPS) is 15.1. The van der Waals surface area contributed by atoms with Crippen molar-refractivity contribution in [2.24, 2.45) is 0 Å². The monoisotopic (exact) mass is 248 g/mol. The van der Waals surface area contributed by atoms with Gasteiger partial charge in [0.2, 0.25) is 0 Å². The van der Waals surface area contributed by atoms with Crippen molar-refractivity contribution in [2.45, 2.75) is 11.5 Å². The molecule has 0 saturated heterocycles. The van der Waals surface area contributed by atoms with Gasteiger partial charge >= 0.3 is 6.16 Å². The molecular weight excluding hydrogens is 244 g/mol. The second-order valence-electron chi connectivity index (χ2n) is 2.81. The lowest BCUT2D eigenvalue weighted by molar-refractivity contribution is 0.0772. The molecule has 0 radical (unpaired) electrons. The minimum absolute atomic E-state index is 0.103. The molecule has 1 aromatic carbocycles. The van der Waals surface area contributed by atoms with E-state index in [1.807, 2.05) is 0 Å². The Kier molecular flexibility index (Phi) is 2.32. The molecule has 0 atom stereocenters. The first-order valence-corrected chi connectivity index (χ1v) is 6.20. The summed E-state index contributed by atoms with van der Waals surface area (Å²) in [5, 5.41) is 0. The van der Waals surface area contributed by atoms with Crippen molar-refractivity contribution in [1.29, 1.82) is 0 Å². The number of carbonyl (C=O) groups excluding carboxylic acids is 1. The van der Waals surface area contributed by atoms with Crippen LogP contribution < -0.4 is 4.74 Å². The Morgan fingerprint density at radius 2 is 2.07 bits per heavy atom. The van der Waals surface area contributed by atoms with Crippen molar-refractivity contribution in [3.63, 3.8) is 0 Å².